The highest BCUT2D eigenvalue weighted by Crippen LogP contribution is 2.40. The zero-order valence-electron chi connectivity index (χ0n) is 22.4. The number of Topliss-reactive ketones (excluding diaryl/α,β-unsaturated/α-hetero) is 2. The number of nitrogens with zero attached hydrogens (tertiary/aromatic N) is 2. The molecule has 0 radical (unpaired) electrons. The van der Waals surface area contributed by atoms with E-state index >= 15 is 0 Å². The molecule has 0 aromatic heterocycles. The lowest BCUT2D eigenvalue weighted by atomic mass is 9.77. The molecule has 2 aliphatic heterocycles. The molecule has 0 saturated carbocycles. The molecule has 2 heterocycles. The Bertz CT molecular complexity index is 1270. The van der Waals surface area contributed by atoms with Gasteiger partial charge in [-0.15, -0.1) is 0 Å². The molecular weight excluding hydrogens is 493 g/mol. The zero-order valence-corrected chi connectivity index (χ0v) is 22.4. The first-order chi connectivity index (χ1) is 17.7. The average molecular weight is 527 g/mol. The van der Waals surface area contributed by atoms with Crippen LogP contribution in [0, 0.1) is 10.8 Å². The number of hydrogen-bond acceptors (Lipinski definition) is 5. The van der Waals surface area contributed by atoms with Crippen LogP contribution in [0.2, 0.25) is 0 Å². The van der Waals surface area contributed by atoms with Gasteiger partial charge in [-0.25, -0.2) is 0 Å². The van der Waals surface area contributed by atoms with Crippen molar-refractivity contribution in [2.45, 2.75) is 53.6 Å². The topological polar surface area (TPSA) is 49.9 Å². The fourth-order valence-electron chi connectivity index (χ4n) is 4.90. The van der Waals surface area contributed by atoms with Gasteiger partial charge in [0.2, 0.25) is 0 Å². The van der Waals surface area contributed by atoms with Gasteiger partial charge in [-0.1, -0.05) is 27.7 Å². The first-order valence-corrected chi connectivity index (χ1v) is 12.7. The summed E-state index contributed by atoms with van der Waals surface area (Å²) in [5.74, 6) is -0.507. The molecule has 38 heavy (non-hydrogen) atoms. The molecule has 202 valence electrons. The number of carbonyl (C=O) groups is 2. The van der Waals surface area contributed by atoms with Crippen LogP contribution >= 0.6 is 0 Å². The molecule has 2 aromatic carbocycles. The summed E-state index contributed by atoms with van der Waals surface area (Å²) in [6.07, 6.45) is -0.358. The first-order valence-electron chi connectivity index (χ1n) is 12.7. The summed E-state index contributed by atoms with van der Waals surface area (Å²) in [7, 11) is 0. The maximum Gasteiger partial charge on any atom is 0.454 e. The summed E-state index contributed by atoms with van der Waals surface area (Å²) in [6, 6.07) is 14.6. The highest BCUT2D eigenvalue weighted by Gasteiger charge is 2.46. The number of benzene rings is 2. The normalized spacial score (nSPS) is 18.9. The summed E-state index contributed by atoms with van der Waals surface area (Å²) >= 11 is 0. The lowest BCUT2D eigenvalue weighted by Crippen LogP contribution is -2.39. The van der Waals surface area contributed by atoms with Gasteiger partial charge in [0.1, 0.15) is 11.5 Å². The van der Waals surface area contributed by atoms with E-state index in [1.807, 2.05) is 30.5 Å². The predicted molar refractivity (Wildman–Crippen MR) is 142 cm³/mol. The van der Waals surface area contributed by atoms with Crippen molar-refractivity contribution >= 4 is 22.9 Å². The number of anilines is 2. The maximum absolute atomic E-state index is 13.1. The van der Waals surface area contributed by atoms with E-state index < -0.39 is 17.4 Å². The van der Waals surface area contributed by atoms with E-state index in [0.29, 0.717) is 30.2 Å². The Morgan fingerprint density at radius 1 is 0.737 bits per heavy atom. The van der Waals surface area contributed by atoms with Crippen molar-refractivity contribution in [1.82, 2.24) is 0 Å². The van der Waals surface area contributed by atoms with Crippen LogP contribution in [0.4, 0.5) is 24.5 Å². The molecule has 8 heteroatoms. The molecule has 0 spiro atoms. The largest absolute Gasteiger partial charge is 0.457 e. The van der Waals surface area contributed by atoms with Crippen LogP contribution < -0.4 is 14.5 Å². The van der Waals surface area contributed by atoms with Crippen molar-refractivity contribution in [2.24, 2.45) is 10.8 Å². The van der Waals surface area contributed by atoms with Gasteiger partial charge in [0.15, 0.2) is 5.78 Å². The predicted octanol–water partition coefficient (Wildman–Crippen LogP) is 7.44. The van der Waals surface area contributed by atoms with Crippen molar-refractivity contribution in [1.29, 1.82) is 0 Å². The van der Waals surface area contributed by atoms with Crippen LogP contribution in [0.15, 0.2) is 72.1 Å². The van der Waals surface area contributed by atoms with Crippen LogP contribution in [0.1, 0.15) is 47.5 Å². The van der Waals surface area contributed by atoms with Gasteiger partial charge in [-0.05, 0) is 79.1 Å². The van der Waals surface area contributed by atoms with E-state index in [-0.39, 0.29) is 16.8 Å². The molecule has 0 bridgehead atoms. The molecule has 0 unspecified atom stereocenters. The molecule has 2 aliphatic rings. The molecular formula is C30H33F3N2O3. The number of ketones is 2. The highest BCUT2D eigenvalue weighted by molar-refractivity contribution is 6.01. The van der Waals surface area contributed by atoms with E-state index in [9.17, 15) is 22.8 Å². The Hall–Kier alpha value is -3.55. The summed E-state index contributed by atoms with van der Waals surface area (Å²) in [6.45, 7) is 10.4. The maximum atomic E-state index is 13.1. The van der Waals surface area contributed by atoms with Crippen LogP contribution in [0.5, 0.6) is 11.5 Å². The van der Waals surface area contributed by atoms with Gasteiger partial charge in [0, 0.05) is 48.0 Å². The zero-order chi connectivity index (χ0) is 27.9. The van der Waals surface area contributed by atoms with Crippen LogP contribution in [0.25, 0.3) is 0 Å². The van der Waals surface area contributed by atoms with Gasteiger partial charge < -0.3 is 14.5 Å². The second kappa shape index (κ2) is 9.97. The summed E-state index contributed by atoms with van der Waals surface area (Å²) in [4.78, 5) is 27.9. The fraction of sp³-hybridized carbons (Fsp3) is 0.400. The molecule has 5 nitrogen and oxygen atoms in total. The molecule has 0 fully saturated rings. The quantitative estimate of drug-likeness (QED) is 0.392. The van der Waals surface area contributed by atoms with E-state index in [1.54, 1.807) is 49.9 Å². The van der Waals surface area contributed by atoms with Crippen molar-refractivity contribution in [3.05, 3.63) is 72.1 Å². The monoisotopic (exact) mass is 526 g/mol. The van der Waals surface area contributed by atoms with Crippen LogP contribution in [0.3, 0.4) is 0 Å². The third-order valence-electron chi connectivity index (χ3n) is 7.44. The molecule has 4 rings (SSSR count). The lowest BCUT2D eigenvalue weighted by molar-refractivity contribution is -0.167. The summed E-state index contributed by atoms with van der Waals surface area (Å²) in [5, 5.41) is 0. The number of carbonyl (C=O) groups excluding carboxylic acids is 2. The summed E-state index contributed by atoms with van der Waals surface area (Å²) < 4.78 is 45.4. The van der Waals surface area contributed by atoms with Crippen molar-refractivity contribution in [3.8, 4) is 11.5 Å². The summed E-state index contributed by atoms with van der Waals surface area (Å²) in [5.41, 5.74) is 1.22. The lowest BCUT2D eigenvalue weighted by Gasteiger charge is -2.37. The number of ether oxygens (including phenoxy) is 1. The molecule has 0 N–H and O–H groups in total. The van der Waals surface area contributed by atoms with E-state index in [2.05, 4.69) is 18.7 Å². The van der Waals surface area contributed by atoms with Gasteiger partial charge in [0.25, 0.3) is 5.78 Å². The second-order valence-electron chi connectivity index (χ2n) is 11.2. The van der Waals surface area contributed by atoms with Crippen molar-refractivity contribution in [3.63, 3.8) is 0 Å². The number of rotatable bonds is 6. The number of hydrogen-bond donors (Lipinski definition) is 0. The third-order valence-corrected chi connectivity index (χ3v) is 7.44. The third kappa shape index (κ3) is 5.79. The number of halogens is 3. The van der Waals surface area contributed by atoms with Gasteiger partial charge in [0.05, 0.1) is 0 Å². The van der Waals surface area contributed by atoms with E-state index in [1.165, 1.54) is 6.20 Å². The Labute approximate surface area is 221 Å². The highest BCUT2D eigenvalue weighted by atomic mass is 19.4. The molecule has 0 amide bonds. The Morgan fingerprint density at radius 3 is 1.53 bits per heavy atom. The molecule has 0 atom stereocenters. The van der Waals surface area contributed by atoms with Gasteiger partial charge in [-0.2, -0.15) is 13.2 Å². The van der Waals surface area contributed by atoms with Crippen molar-refractivity contribution < 1.29 is 27.5 Å². The van der Waals surface area contributed by atoms with E-state index in [0.717, 1.165) is 24.2 Å². The number of alkyl halides is 3. The molecule has 2 aromatic rings. The first kappa shape index (κ1) is 27.5. The minimum absolute atomic E-state index is 0.0787. The Morgan fingerprint density at radius 2 is 1.13 bits per heavy atom. The van der Waals surface area contributed by atoms with Crippen LogP contribution in [-0.4, -0.2) is 30.8 Å². The number of allylic oxidation sites excluding steroid dienone is 2. The average Bonchev–Trinajstić information content (AvgIpc) is 2.84. The van der Waals surface area contributed by atoms with Crippen molar-refractivity contribution in [2.75, 3.05) is 22.9 Å². The van der Waals surface area contributed by atoms with Gasteiger partial charge in [-0.3, -0.25) is 9.59 Å². The van der Waals surface area contributed by atoms with Gasteiger partial charge >= 0.3 is 6.18 Å². The minimum atomic E-state index is -4.91. The minimum Gasteiger partial charge on any atom is -0.457 e. The smallest absolute Gasteiger partial charge is 0.454 e. The Balaban J connectivity index is 1.46. The standard InChI is InChI=1S/C30H33F3N2O3/c1-20(36)25-18-34(16-14-28(25,2)3)21-6-10-23(11-7-21)38-24-12-8-22(9-13-24)35-17-15-29(4,5)26(19-35)27(37)30(31,32)33/h6-13,18-19H,14-17H2,1-5H3. The molecule has 0 aliphatic carbocycles. The van der Waals surface area contributed by atoms with E-state index in [4.69, 9.17) is 4.74 Å². The second-order valence-corrected chi connectivity index (χ2v) is 11.2. The SMILES string of the molecule is CC(=O)C1=CN(c2ccc(Oc3ccc(N4C=C(C(=O)C(F)(F)F)C(C)(C)CC4)cc3)cc2)CCC1(C)C. The Kier molecular flexibility index (Phi) is 7.21. The molecule has 0 saturated heterocycles. The van der Waals surface area contributed by atoms with Crippen LogP contribution in [-0.2, 0) is 9.59 Å². The fourth-order valence-corrected chi connectivity index (χ4v) is 4.90.